The SMILES string of the molecule is CCCN(c1ccc(C(C)N)cc1Cl)C1CC1. The molecule has 0 saturated heterocycles. The lowest BCUT2D eigenvalue weighted by Gasteiger charge is -2.25. The van der Waals surface area contributed by atoms with Crippen molar-refractivity contribution in [3.63, 3.8) is 0 Å². The number of halogens is 1. The maximum Gasteiger partial charge on any atom is 0.0642 e. The van der Waals surface area contributed by atoms with Crippen LogP contribution >= 0.6 is 11.6 Å². The van der Waals surface area contributed by atoms with Gasteiger partial charge in [-0.1, -0.05) is 24.6 Å². The molecule has 1 saturated carbocycles. The van der Waals surface area contributed by atoms with Gasteiger partial charge in [-0.05, 0) is 43.9 Å². The monoisotopic (exact) mass is 252 g/mol. The highest BCUT2D eigenvalue weighted by molar-refractivity contribution is 6.33. The lowest BCUT2D eigenvalue weighted by Crippen LogP contribution is -2.26. The number of rotatable bonds is 5. The molecule has 94 valence electrons. The maximum atomic E-state index is 6.38. The second-order valence-electron chi connectivity index (χ2n) is 4.92. The van der Waals surface area contributed by atoms with Crippen molar-refractivity contribution >= 4 is 17.3 Å². The number of nitrogens with two attached hydrogens (primary N) is 1. The quantitative estimate of drug-likeness (QED) is 0.865. The number of hydrogen-bond acceptors (Lipinski definition) is 2. The van der Waals surface area contributed by atoms with Crippen LogP contribution in [0.2, 0.25) is 5.02 Å². The minimum absolute atomic E-state index is 0.0436. The second-order valence-corrected chi connectivity index (χ2v) is 5.33. The molecule has 0 bridgehead atoms. The predicted octanol–water partition coefficient (Wildman–Crippen LogP) is 3.74. The van der Waals surface area contributed by atoms with E-state index in [-0.39, 0.29) is 6.04 Å². The van der Waals surface area contributed by atoms with E-state index in [0.29, 0.717) is 6.04 Å². The van der Waals surface area contributed by atoms with Gasteiger partial charge < -0.3 is 10.6 Å². The largest absolute Gasteiger partial charge is 0.367 e. The Morgan fingerprint density at radius 2 is 2.18 bits per heavy atom. The molecule has 3 heteroatoms. The molecule has 1 aromatic carbocycles. The van der Waals surface area contributed by atoms with Crippen molar-refractivity contribution in [1.82, 2.24) is 0 Å². The summed E-state index contributed by atoms with van der Waals surface area (Å²) in [6, 6.07) is 6.97. The lowest BCUT2D eigenvalue weighted by atomic mass is 10.1. The Bertz CT molecular complexity index is 386. The minimum atomic E-state index is 0.0436. The Balaban J connectivity index is 2.24. The van der Waals surface area contributed by atoms with Crippen LogP contribution < -0.4 is 10.6 Å². The zero-order chi connectivity index (χ0) is 12.4. The molecule has 1 unspecified atom stereocenters. The van der Waals surface area contributed by atoms with Gasteiger partial charge in [0.2, 0.25) is 0 Å². The third kappa shape index (κ3) is 2.93. The van der Waals surface area contributed by atoms with Gasteiger partial charge in [-0.15, -0.1) is 0 Å². The topological polar surface area (TPSA) is 29.3 Å². The minimum Gasteiger partial charge on any atom is -0.367 e. The Kier molecular flexibility index (Phi) is 3.95. The van der Waals surface area contributed by atoms with E-state index in [2.05, 4.69) is 24.0 Å². The first-order valence-corrected chi connectivity index (χ1v) is 6.83. The molecule has 0 heterocycles. The third-order valence-electron chi connectivity index (χ3n) is 3.26. The van der Waals surface area contributed by atoms with Crippen molar-refractivity contribution in [1.29, 1.82) is 0 Å². The standard InChI is InChI=1S/C14H21ClN2/c1-3-8-17(12-5-6-12)14-7-4-11(10(2)16)9-13(14)15/h4,7,9-10,12H,3,5-6,8,16H2,1-2H3. The van der Waals surface area contributed by atoms with Gasteiger partial charge in [-0.3, -0.25) is 0 Å². The molecule has 0 radical (unpaired) electrons. The van der Waals surface area contributed by atoms with E-state index in [4.69, 9.17) is 17.3 Å². The first-order chi connectivity index (χ1) is 8.13. The van der Waals surface area contributed by atoms with Gasteiger partial charge in [-0.25, -0.2) is 0 Å². The lowest BCUT2D eigenvalue weighted by molar-refractivity contribution is 0.761. The van der Waals surface area contributed by atoms with Crippen LogP contribution in [0.3, 0.4) is 0 Å². The van der Waals surface area contributed by atoms with Crippen LogP contribution in [-0.4, -0.2) is 12.6 Å². The molecule has 0 aromatic heterocycles. The first kappa shape index (κ1) is 12.7. The predicted molar refractivity (Wildman–Crippen MR) is 74.7 cm³/mol. The van der Waals surface area contributed by atoms with Crippen LogP contribution in [0.1, 0.15) is 44.7 Å². The van der Waals surface area contributed by atoms with E-state index >= 15 is 0 Å². The molecule has 1 fully saturated rings. The molecule has 2 rings (SSSR count). The highest BCUT2D eigenvalue weighted by Crippen LogP contribution is 2.36. The Hall–Kier alpha value is -0.730. The molecular weight excluding hydrogens is 232 g/mol. The molecule has 2 nitrogen and oxygen atoms in total. The molecule has 1 atom stereocenters. The highest BCUT2D eigenvalue weighted by Gasteiger charge is 2.29. The normalized spacial score (nSPS) is 16.9. The fourth-order valence-corrected chi connectivity index (χ4v) is 2.46. The fourth-order valence-electron chi connectivity index (χ4n) is 2.17. The van der Waals surface area contributed by atoms with Gasteiger partial charge in [0.25, 0.3) is 0 Å². The van der Waals surface area contributed by atoms with Crippen LogP contribution in [-0.2, 0) is 0 Å². The van der Waals surface area contributed by atoms with Crippen LogP contribution in [0.25, 0.3) is 0 Å². The fraction of sp³-hybridized carbons (Fsp3) is 0.571. The zero-order valence-electron chi connectivity index (χ0n) is 10.6. The summed E-state index contributed by atoms with van der Waals surface area (Å²) >= 11 is 6.38. The second kappa shape index (κ2) is 5.28. The number of anilines is 1. The molecule has 2 N–H and O–H groups in total. The van der Waals surface area contributed by atoms with Crippen molar-refractivity contribution < 1.29 is 0 Å². The molecule has 0 amide bonds. The van der Waals surface area contributed by atoms with Gasteiger partial charge in [-0.2, -0.15) is 0 Å². The average Bonchev–Trinajstić information content (AvgIpc) is 3.10. The van der Waals surface area contributed by atoms with Gasteiger partial charge in [0, 0.05) is 18.6 Å². The van der Waals surface area contributed by atoms with Crippen LogP contribution in [0, 0.1) is 0 Å². The van der Waals surface area contributed by atoms with E-state index in [1.807, 2.05) is 13.0 Å². The highest BCUT2D eigenvalue weighted by atomic mass is 35.5. The van der Waals surface area contributed by atoms with Crippen molar-refractivity contribution in [2.45, 2.75) is 45.2 Å². The van der Waals surface area contributed by atoms with Crippen molar-refractivity contribution in [2.24, 2.45) is 5.73 Å². The molecule has 0 spiro atoms. The Morgan fingerprint density at radius 3 is 2.65 bits per heavy atom. The average molecular weight is 253 g/mol. The summed E-state index contributed by atoms with van der Waals surface area (Å²) in [5, 5.41) is 0.833. The summed E-state index contributed by atoms with van der Waals surface area (Å²) in [7, 11) is 0. The summed E-state index contributed by atoms with van der Waals surface area (Å²) in [6.45, 7) is 5.28. The Labute approximate surface area is 109 Å². The summed E-state index contributed by atoms with van der Waals surface area (Å²) in [4.78, 5) is 2.44. The van der Waals surface area contributed by atoms with Crippen LogP contribution in [0.4, 0.5) is 5.69 Å². The van der Waals surface area contributed by atoms with Crippen molar-refractivity contribution in [3.8, 4) is 0 Å². The molecule has 0 aliphatic heterocycles. The molecule has 1 aromatic rings. The molecule has 1 aliphatic carbocycles. The maximum absolute atomic E-state index is 6.38. The van der Waals surface area contributed by atoms with E-state index in [0.717, 1.165) is 23.6 Å². The summed E-state index contributed by atoms with van der Waals surface area (Å²) in [5.74, 6) is 0. The van der Waals surface area contributed by atoms with E-state index in [9.17, 15) is 0 Å². The van der Waals surface area contributed by atoms with Crippen molar-refractivity contribution in [3.05, 3.63) is 28.8 Å². The van der Waals surface area contributed by atoms with Gasteiger partial charge in [0.1, 0.15) is 0 Å². The van der Waals surface area contributed by atoms with Crippen molar-refractivity contribution in [2.75, 3.05) is 11.4 Å². The van der Waals surface area contributed by atoms with E-state index in [1.165, 1.54) is 18.5 Å². The van der Waals surface area contributed by atoms with Gasteiger partial charge in [0.15, 0.2) is 0 Å². The zero-order valence-corrected chi connectivity index (χ0v) is 11.4. The molecule has 17 heavy (non-hydrogen) atoms. The summed E-state index contributed by atoms with van der Waals surface area (Å²) in [6.07, 6.45) is 3.75. The summed E-state index contributed by atoms with van der Waals surface area (Å²) in [5.41, 5.74) is 8.14. The smallest absolute Gasteiger partial charge is 0.0642 e. The number of benzene rings is 1. The number of nitrogens with zero attached hydrogens (tertiary/aromatic N) is 1. The third-order valence-corrected chi connectivity index (χ3v) is 3.56. The van der Waals surface area contributed by atoms with Crippen LogP contribution in [0.5, 0.6) is 0 Å². The van der Waals surface area contributed by atoms with Gasteiger partial charge in [0.05, 0.1) is 10.7 Å². The van der Waals surface area contributed by atoms with E-state index < -0.39 is 0 Å². The Morgan fingerprint density at radius 1 is 1.47 bits per heavy atom. The molecular formula is C14H21ClN2. The first-order valence-electron chi connectivity index (χ1n) is 6.45. The number of hydrogen-bond donors (Lipinski definition) is 1. The molecule has 1 aliphatic rings. The van der Waals surface area contributed by atoms with Crippen LogP contribution in [0.15, 0.2) is 18.2 Å². The summed E-state index contributed by atoms with van der Waals surface area (Å²) < 4.78 is 0. The van der Waals surface area contributed by atoms with Gasteiger partial charge >= 0.3 is 0 Å². The van der Waals surface area contributed by atoms with E-state index in [1.54, 1.807) is 0 Å².